The van der Waals surface area contributed by atoms with Crippen molar-refractivity contribution in [3.63, 3.8) is 0 Å². The summed E-state index contributed by atoms with van der Waals surface area (Å²) in [5, 5.41) is 0. The molecule has 0 aliphatic heterocycles. The second-order valence-electron chi connectivity index (χ2n) is 3.34. The van der Waals surface area contributed by atoms with Crippen molar-refractivity contribution < 1.29 is 0 Å². The molecule has 0 bridgehead atoms. The molecule has 2 heteroatoms. The minimum Gasteiger partial charge on any atom is -0.328 e. The predicted molar refractivity (Wildman–Crippen MR) is 56.2 cm³/mol. The zero-order valence-corrected chi connectivity index (χ0v) is 8.20. The Balaban J connectivity index is 2.68. The molecule has 70 valence electrons. The fourth-order valence-corrected chi connectivity index (χ4v) is 1.08. The molecular weight excluding hydrogens is 160 g/mol. The minimum absolute atomic E-state index is 0.228. The molecule has 1 rings (SSSR count). The van der Waals surface area contributed by atoms with Crippen LogP contribution in [0.4, 0.5) is 0 Å². The van der Waals surface area contributed by atoms with Crippen LogP contribution in [0.1, 0.15) is 25.8 Å². The summed E-state index contributed by atoms with van der Waals surface area (Å²) in [5.41, 5.74) is 8.07. The van der Waals surface area contributed by atoms with Crippen LogP contribution < -0.4 is 5.73 Å². The predicted octanol–water partition coefficient (Wildman–Crippen LogP) is 2.22. The van der Waals surface area contributed by atoms with Gasteiger partial charge in [-0.3, -0.25) is 4.98 Å². The zero-order chi connectivity index (χ0) is 9.68. The summed E-state index contributed by atoms with van der Waals surface area (Å²) in [7, 11) is 0. The Morgan fingerprint density at radius 2 is 2.46 bits per heavy atom. The molecule has 1 atom stereocenters. The third-order valence-corrected chi connectivity index (χ3v) is 1.91. The molecule has 0 aliphatic rings. The lowest BCUT2D eigenvalue weighted by Crippen LogP contribution is -2.12. The van der Waals surface area contributed by atoms with Crippen LogP contribution in [0.25, 0.3) is 5.57 Å². The second-order valence-corrected chi connectivity index (χ2v) is 3.34. The lowest BCUT2D eigenvalue weighted by molar-refractivity contribution is 0.758. The topological polar surface area (TPSA) is 38.9 Å². The van der Waals surface area contributed by atoms with Crippen LogP contribution >= 0.6 is 0 Å². The first kappa shape index (κ1) is 9.93. The van der Waals surface area contributed by atoms with Gasteiger partial charge in [0.05, 0.1) is 0 Å². The van der Waals surface area contributed by atoms with Crippen molar-refractivity contribution in [1.29, 1.82) is 0 Å². The number of nitrogens with zero attached hydrogens (tertiary/aromatic N) is 1. The largest absolute Gasteiger partial charge is 0.328 e. The molecular formula is C11H16N2. The lowest BCUT2D eigenvalue weighted by atomic mass is 10.1. The maximum Gasteiger partial charge on any atom is 0.0342 e. The molecule has 13 heavy (non-hydrogen) atoms. The van der Waals surface area contributed by atoms with Gasteiger partial charge in [-0.15, -0.1) is 0 Å². The van der Waals surface area contributed by atoms with E-state index in [4.69, 9.17) is 5.73 Å². The van der Waals surface area contributed by atoms with Gasteiger partial charge in [0, 0.05) is 18.4 Å². The summed E-state index contributed by atoms with van der Waals surface area (Å²) in [6.07, 6.45) is 6.72. The van der Waals surface area contributed by atoms with Gasteiger partial charge in [-0.1, -0.05) is 12.1 Å². The van der Waals surface area contributed by atoms with Gasteiger partial charge < -0.3 is 5.73 Å². The maximum absolute atomic E-state index is 5.66. The van der Waals surface area contributed by atoms with Crippen LogP contribution in [0, 0.1) is 0 Å². The first-order valence-electron chi connectivity index (χ1n) is 4.53. The van der Waals surface area contributed by atoms with E-state index in [0.29, 0.717) is 0 Å². The fourth-order valence-electron chi connectivity index (χ4n) is 1.08. The van der Waals surface area contributed by atoms with Crippen LogP contribution in [0.2, 0.25) is 0 Å². The number of aromatic nitrogens is 1. The highest BCUT2D eigenvalue weighted by atomic mass is 14.6. The number of hydrogen-bond acceptors (Lipinski definition) is 2. The standard InChI is InChI=1S/C11H16N2/c1-9(5-6-10(2)12)11-4-3-7-13-8-11/h3-5,7-8,10H,6,12H2,1-2H3. The third kappa shape index (κ3) is 3.38. The van der Waals surface area contributed by atoms with Crippen molar-refractivity contribution >= 4 is 5.57 Å². The molecule has 1 unspecified atom stereocenters. The highest BCUT2D eigenvalue weighted by Crippen LogP contribution is 2.12. The van der Waals surface area contributed by atoms with Gasteiger partial charge in [-0.2, -0.15) is 0 Å². The molecule has 1 aromatic rings. The molecule has 2 N–H and O–H groups in total. The SMILES string of the molecule is CC(=CCC(C)N)c1cccnc1. The van der Waals surface area contributed by atoms with E-state index in [0.717, 1.165) is 6.42 Å². The van der Waals surface area contributed by atoms with Gasteiger partial charge in [-0.05, 0) is 37.5 Å². The van der Waals surface area contributed by atoms with Crippen LogP contribution in [0.5, 0.6) is 0 Å². The molecule has 0 spiro atoms. The average molecular weight is 176 g/mol. The van der Waals surface area contributed by atoms with Gasteiger partial charge >= 0.3 is 0 Å². The molecule has 1 aromatic heterocycles. The van der Waals surface area contributed by atoms with Gasteiger partial charge in [0.1, 0.15) is 0 Å². The van der Waals surface area contributed by atoms with Gasteiger partial charge in [0.25, 0.3) is 0 Å². The van der Waals surface area contributed by atoms with E-state index in [-0.39, 0.29) is 6.04 Å². The van der Waals surface area contributed by atoms with E-state index in [9.17, 15) is 0 Å². The number of rotatable bonds is 3. The summed E-state index contributed by atoms with van der Waals surface area (Å²) >= 11 is 0. The molecule has 0 aliphatic carbocycles. The summed E-state index contributed by atoms with van der Waals surface area (Å²) < 4.78 is 0. The zero-order valence-electron chi connectivity index (χ0n) is 8.20. The van der Waals surface area contributed by atoms with Crippen LogP contribution in [-0.2, 0) is 0 Å². The molecule has 0 radical (unpaired) electrons. The molecule has 2 nitrogen and oxygen atoms in total. The van der Waals surface area contributed by atoms with Crippen molar-refractivity contribution in [3.05, 3.63) is 36.2 Å². The third-order valence-electron chi connectivity index (χ3n) is 1.91. The quantitative estimate of drug-likeness (QED) is 0.767. The van der Waals surface area contributed by atoms with Crippen LogP contribution in [0.3, 0.4) is 0 Å². The summed E-state index contributed by atoms with van der Waals surface area (Å²) in [6, 6.07) is 4.23. The Labute approximate surface area is 79.5 Å². The van der Waals surface area contributed by atoms with Crippen molar-refractivity contribution in [2.24, 2.45) is 5.73 Å². The first-order valence-corrected chi connectivity index (χ1v) is 4.53. The Morgan fingerprint density at radius 3 is 3.00 bits per heavy atom. The van der Waals surface area contributed by atoms with Gasteiger partial charge in [0.15, 0.2) is 0 Å². The van der Waals surface area contributed by atoms with Crippen molar-refractivity contribution in [2.45, 2.75) is 26.3 Å². The summed E-state index contributed by atoms with van der Waals surface area (Å²) in [4.78, 5) is 4.06. The number of hydrogen-bond donors (Lipinski definition) is 1. The summed E-state index contributed by atoms with van der Waals surface area (Å²) in [5.74, 6) is 0. The molecule has 0 fully saturated rings. The van der Waals surface area contributed by atoms with E-state index in [1.165, 1.54) is 11.1 Å². The van der Waals surface area contributed by atoms with Crippen molar-refractivity contribution in [2.75, 3.05) is 0 Å². The average Bonchev–Trinajstić information content (AvgIpc) is 2.15. The monoisotopic (exact) mass is 176 g/mol. The van der Waals surface area contributed by atoms with E-state index < -0.39 is 0 Å². The van der Waals surface area contributed by atoms with Crippen LogP contribution in [0.15, 0.2) is 30.6 Å². The Bertz CT molecular complexity index is 275. The normalized spacial score (nSPS) is 14.2. The summed E-state index contributed by atoms with van der Waals surface area (Å²) in [6.45, 7) is 4.09. The highest BCUT2D eigenvalue weighted by molar-refractivity contribution is 5.62. The van der Waals surface area contributed by atoms with Crippen molar-refractivity contribution in [3.8, 4) is 0 Å². The first-order chi connectivity index (χ1) is 6.20. The van der Waals surface area contributed by atoms with Crippen molar-refractivity contribution in [1.82, 2.24) is 4.98 Å². The smallest absolute Gasteiger partial charge is 0.0342 e. The Hall–Kier alpha value is -1.15. The van der Waals surface area contributed by atoms with E-state index >= 15 is 0 Å². The molecule has 0 aromatic carbocycles. The Morgan fingerprint density at radius 1 is 1.69 bits per heavy atom. The molecule has 0 saturated heterocycles. The molecule has 0 saturated carbocycles. The molecule has 1 heterocycles. The van der Waals surface area contributed by atoms with E-state index in [2.05, 4.69) is 24.1 Å². The second kappa shape index (κ2) is 4.77. The van der Waals surface area contributed by atoms with E-state index in [1.807, 2.05) is 19.2 Å². The Kier molecular flexibility index (Phi) is 3.65. The van der Waals surface area contributed by atoms with Gasteiger partial charge in [-0.25, -0.2) is 0 Å². The minimum atomic E-state index is 0.228. The lowest BCUT2D eigenvalue weighted by Gasteiger charge is -2.02. The van der Waals surface area contributed by atoms with Crippen LogP contribution in [-0.4, -0.2) is 11.0 Å². The number of nitrogens with two attached hydrogens (primary N) is 1. The number of pyridine rings is 1. The number of allylic oxidation sites excluding steroid dienone is 1. The maximum atomic E-state index is 5.66. The highest BCUT2D eigenvalue weighted by Gasteiger charge is 1.95. The van der Waals surface area contributed by atoms with Gasteiger partial charge in [0.2, 0.25) is 0 Å². The molecule has 0 amide bonds. The van der Waals surface area contributed by atoms with E-state index in [1.54, 1.807) is 6.20 Å². The fraction of sp³-hybridized carbons (Fsp3) is 0.364.